The lowest BCUT2D eigenvalue weighted by Gasteiger charge is -2.12. The highest BCUT2D eigenvalue weighted by Gasteiger charge is 2.05. The summed E-state index contributed by atoms with van der Waals surface area (Å²) in [6, 6.07) is 19.5. The summed E-state index contributed by atoms with van der Waals surface area (Å²) in [5, 5.41) is 6.88. The summed E-state index contributed by atoms with van der Waals surface area (Å²) >= 11 is 5.22. The highest BCUT2D eigenvalue weighted by Crippen LogP contribution is 2.11. The zero-order valence-electron chi connectivity index (χ0n) is 11.1. The highest BCUT2D eigenvalue weighted by atomic mass is 32.1. The Morgan fingerprint density at radius 1 is 0.857 bits per heavy atom. The molecule has 4 N–H and O–H groups in total. The van der Waals surface area contributed by atoms with E-state index in [1.807, 2.05) is 60.7 Å². The van der Waals surface area contributed by atoms with Gasteiger partial charge in [-0.25, -0.2) is 5.10 Å². The van der Waals surface area contributed by atoms with Gasteiger partial charge in [-0.1, -0.05) is 36.4 Å². The zero-order valence-corrected chi connectivity index (χ0v) is 11.9. The largest absolute Gasteiger partial charge is 0.298 e. The molecule has 3 aromatic rings. The average molecular weight is 298 g/mol. The molecule has 106 valence electrons. The normalized spacial score (nSPS) is 10.1. The number of nitrogens with zero attached hydrogens (tertiary/aromatic N) is 2. The molecule has 0 atom stereocenters. The number of hydrogen-bond donors (Lipinski definition) is 4. The second-order valence-electron chi connectivity index (χ2n) is 4.28. The Balaban J connectivity index is 1.76. The Hall–Kier alpha value is -2.80. The van der Waals surface area contributed by atoms with Crippen molar-refractivity contribution >= 4 is 29.5 Å². The van der Waals surface area contributed by atoms with E-state index in [0.29, 0.717) is 10.7 Å². The van der Waals surface area contributed by atoms with Crippen molar-refractivity contribution in [2.75, 3.05) is 16.3 Å². The fraction of sp³-hybridized carbons (Fsp3) is 0. The maximum atomic E-state index is 5.22. The molecule has 7 heteroatoms. The Bertz CT molecular complexity index is 750. The number of aromatic nitrogens is 3. The summed E-state index contributed by atoms with van der Waals surface area (Å²) in [7, 11) is 0. The molecule has 0 aliphatic rings. The van der Waals surface area contributed by atoms with Crippen LogP contribution in [0.5, 0.6) is 0 Å². The summed E-state index contributed by atoms with van der Waals surface area (Å²) < 4.78 is 2.12. The molecule has 6 nitrogen and oxygen atoms in total. The smallest absolute Gasteiger partial charge is 0.261 e. The molecule has 0 saturated carbocycles. The quantitative estimate of drug-likeness (QED) is 0.430. The van der Waals surface area contributed by atoms with Crippen LogP contribution in [0.4, 0.5) is 17.3 Å². The molecule has 0 fully saturated rings. The molecule has 0 aliphatic carbocycles. The van der Waals surface area contributed by atoms with Gasteiger partial charge in [0.05, 0.1) is 11.4 Å². The number of anilines is 3. The summed E-state index contributed by atoms with van der Waals surface area (Å²) in [6.45, 7) is 0. The number of para-hydroxylation sites is 2. The molecule has 0 amide bonds. The van der Waals surface area contributed by atoms with Crippen LogP contribution in [0.2, 0.25) is 0 Å². The summed E-state index contributed by atoms with van der Waals surface area (Å²) in [5.41, 5.74) is 11.1. The molecule has 0 bridgehead atoms. The SMILES string of the molecule is S=c1[nH]nc(NNc2ccccc2)n1Nc1ccccc1. The van der Waals surface area contributed by atoms with Crippen LogP contribution in [0.1, 0.15) is 0 Å². The number of hydrazine groups is 1. The van der Waals surface area contributed by atoms with Gasteiger partial charge in [-0.15, -0.1) is 5.10 Å². The van der Waals surface area contributed by atoms with Crippen molar-refractivity contribution in [2.24, 2.45) is 0 Å². The maximum Gasteiger partial charge on any atom is 0.261 e. The van der Waals surface area contributed by atoms with Gasteiger partial charge >= 0.3 is 0 Å². The van der Waals surface area contributed by atoms with Gasteiger partial charge in [-0.2, -0.15) is 4.68 Å². The molecule has 0 spiro atoms. The summed E-state index contributed by atoms with van der Waals surface area (Å²) in [6.07, 6.45) is 0. The topological polar surface area (TPSA) is 69.7 Å². The second-order valence-corrected chi connectivity index (χ2v) is 4.67. The molecule has 21 heavy (non-hydrogen) atoms. The molecule has 1 heterocycles. The van der Waals surface area contributed by atoms with E-state index in [9.17, 15) is 0 Å². The van der Waals surface area contributed by atoms with Gasteiger partial charge in [-0.3, -0.25) is 16.3 Å². The fourth-order valence-electron chi connectivity index (χ4n) is 1.78. The van der Waals surface area contributed by atoms with E-state index in [0.717, 1.165) is 11.4 Å². The van der Waals surface area contributed by atoms with Crippen LogP contribution >= 0.6 is 12.2 Å². The molecule has 2 aromatic carbocycles. The van der Waals surface area contributed by atoms with Gasteiger partial charge in [0.15, 0.2) is 0 Å². The van der Waals surface area contributed by atoms with Gasteiger partial charge < -0.3 is 0 Å². The van der Waals surface area contributed by atoms with E-state index in [1.165, 1.54) is 0 Å². The van der Waals surface area contributed by atoms with Gasteiger partial charge in [0, 0.05) is 0 Å². The third-order valence-corrected chi connectivity index (χ3v) is 3.05. The minimum atomic E-state index is 0.469. The Labute approximate surface area is 126 Å². The van der Waals surface area contributed by atoms with Gasteiger partial charge in [-0.05, 0) is 36.5 Å². The Morgan fingerprint density at radius 2 is 1.48 bits per heavy atom. The van der Waals surface area contributed by atoms with Crippen LogP contribution in [0.15, 0.2) is 60.7 Å². The molecule has 3 rings (SSSR count). The minimum absolute atomic E-state index is 0.469. The van der Waals surface area contributed by atoms with E-state index in [4.69, 9.17) is 12.2 Å². The molecular formula is C14H14N6S. The number of benzene rings is 2. The maximum absolute atomic E-state index is 5.22. The Morgan fingerprint density at radius 3 is 2.14 bits per heavy atom. The Kier molecular flexibility index (Phi) is 3.83. The van der Waals surface area contributed by atoms with E-state index < -0.39 is 0 Å². The molecular weight excluding hydrogens is 284 g/mol. The monoisotopic (exact) mass is 298 g/mol. The number of hydrogen-bond acceptors (Lipinski definition) is 5. The predicted molar refractivity (Wildman–Crippen MR) is 86.6 cm³/mol. The number of rotatable bonds is 5. The summed E-state index contributed by atoms with van der Waals surface area (Å²) in [4.78, 5) is 0. The predicted octanol–water partition coefficient (Wildman–Crippen LogP) is 3.25. The molecule has 1 aromatic heterocycles. The van der Waals surface area contributed by atoms with Gasteiger partial charge in [0.1, 0.15) is 0 Å². The van der Waals surface area contributed by atoms with Gasteiger partial charge in [0.25, 0.3) is 5.95 Å². The van der Waals surface area contributed by atoms with Crippen molar-refractivity contribution in [1.29, 1.82) is 0 Å². The lowest BCUT2D eigenvalue weighted by Crippen LogP contribution is -2.18. The van der Waals surface area contributed by atoms with Crippen molar-refractivity contribution < 1.29 is 0 Å². The number of H-pyrrole nitrogens is 1. The zero-order chi connectivity index (χ0) is 14.5. The fourth-order valence-corrected chi connectivity index (χ4v) is 1.95. The first-order valence-corrected chi connectivity index (χ1v) is 6.80. The highest BCUT2D eigenvalue weighted by molar-refractivity contribution is 7.71. The van der Waals surface area contributed by atoms with Crippen molar-refractivity contribution in [1.82, 2.24) is 14.9 Å². The standard InChI is InChI=1S/C14H14N6S/c21-14-18-17-13(16-15-11-7-3-1-4-8-11)20(14)19-12-9-5-2-6-10-12/h1-10,15,19H,(H,16,17)(H,18,21). The lowest BCUT2D eigenvalue weighted by atomic mass is 10.3. The number of aromatic amines is 1. The van der Waals surface area contributed by atoms with Crippen molar-refractivity contribution in [3.05, 3.63) is 65.4 Å². The molecule has 0 saturated heterocycles. The van der Waals surface area contributed by atoms with Crippen LogP contribution in [0.3, 0.4) is 0 Å². The molecule has 0 unspecified atom stereocenters. The first-order chi connectivity index (χ1) is 10.3. The van der Waals surface area contributed by atoms with Crippen LogP contribution in [-0.4, -0.2) is 14.9 Å². The first kappa shape index (κ1) is 13.2. The summed E-state index contributed by atoms with van der Waals surface area (Å²) in [5.74, 6) is 0.535. The van der Waals surface area contributed by atoms with Crippen molar-refractivity contribution in [3.8, 4) is 0 Å². The van der Waals surface area contributed by atoms with Crippen LogP contribution in [0, 0.1) is 4.77 Å². The van der Waals surface area contributed by atoms with Crippen molar-refractivity contribution in [2.45, 2.75) is 0 Å². The van der Waals surface area contributed by atoms with Crippen LogP contribution in [-0.2, 0) is 0 Å². The van der Waals surface area contributed by atoms with E-state index >= 15 is 0 Å². The lowest BCUT2D eigenvalue weighted by molar-refractivity contribution is 0.937. The van der Waals surface area contributed by atoms with Crippen LogP contribution < -0.4 is 16.3 Å². The molecule has 0 aliphatic heterocycles. The first-order valence-electron chi connectivity index (χ1n) is 6.39. The van der Waals surface area contributed by atoms with E-state index in [1.54, 1.807) is 4.68 Å². The average Bonchev–Trinajstić information content (AvgIpc) is 2.88. The van der Waals surface area contributed by atoms with Gasteiger partial charge in [0.2, 0.25) is 4.77 Å². The number of nitrogens with one attached hydrogen (secondary N) is 4. The third kappa shape index (κ3) is 3.21. The van der Waals surface area contributed by atoms with Crippen LogP contribution in [0.25, 0.3) is 0 Å². The minimum Gasteiger partial charge on any atom is -0.298 e. The van der Waals surface area contributed by atoms with Crippen molar-refractivity contribution in [3.63, 3.8) is 0 Å². The van der Waals surface area contributed by atoms with E-state index in [-0.39, 0.29) is 0 Å². The van der Waals surface area contributed by atoms with E-state index in [2.05, 4.69) is 26.5 Å². The molecule has 0 radical (unpaired) electrons. The second kappa shape index (κ2) is 6.10. The third-order valence-electron chi connectivity index (χ3n) is 2.78.